The van der Waals surface area contributed by atoms with Crippen molar-refractivity contribution in [1.82, 2.24) is 25.4 Å². The molecule has 3 aliphatic heterocycles. The van der Waals surface area contributed by atoms with Crippen LogP contribution in [0.15, 0.2) is 41.9 Å². The van der Waals surface area contributed by atoms with Crippen LogP contribution in [0.5, 0.6) is 0 Å². The molecule has 3 amide bonds. The molecular formula is C24H30N6O3S. The number of fused-ring (bicyclic) bond motifs is 1. The molecule has 2 aromatic heterocycles. The van der Waals surface area contributed by atoms with E-state index in [1.54, 1.807) is 12.3 Å². The van der Waals surface area contributed by atoms with E-state index in [4.69, 9.17) is 0 Å². The molecule has 5 rings (SSSR count). The van der Waals surface area contributed by atoms with Gasteiger partial charge in [-0.2, -0.15) is 0 Å². The number of carbonyl (C=O) groups is 3. The van der Waals surface area contributed by atoms with Gasteiger partial charge in [0.15, 0.2) is 0 Å². The van der Waals surface area contributed by atoms with Gasteiger partial charge in [-0.05, 0) is 36.4 Å². The number of hydrogen-bond donors (Lipinski definition) is 2. The monoisotopic (exact) mass is 482 g/mol. The van der Waals surface area contributed by atoms with Crippen LogP contribution >= 0.6 is 11.3 Å². The van der Waals surface area contributed by atoms with Crippen molar-refractivity contribution in [3.8, 4) is 0 Å². The maximum atomic E-state index is 12.9. The van der Waals surface area contributed by atoms with Crippen LogP contribution in [0.3, 0.4) is 0 Å². The molecule has 9 nitrogen and oxygen atoms in total. The number of hydrogen-bond acceptors (Lipinski definition) is 7. The van der Waals surface area contributed by atoms with Crippen LogP contribution in [0.4, 0.5) is 5.82 Å². The van der Waals surface area contributed by atoms with Crippen molar-refractivity contribution in [2.45, 2.75) is 37.4 Å². The third kappa shape index (κ3) is 4.92. The van der Waals surface area contributed by atoms with E-state index in [1.165, 1.54) is 11.3 Å². The normalized spacial score (nSPS) is 25.1. The lowest BCUT2D eigenvalue weighted by molar-refractivity contribution is -0.132. The molecule has 0 aliphatic carbocycles. The van der Waals surface area contributed by atoms with E-state index < -0.39 is 0 Å². The Labute approximate surface area is 203 Å². The van der Waals surface area contributed by atoms with Crippen molar-refractivity contribution in [3.05, 3.63) is 46.8 Å². The van der Waals surface area contributed by atoms with Crippen molar-refractivity contribution in [3.63, 3.8) is 0 Å². The van der Waals surface area contributed by atoms with E-state index in [1.807, 2.05) is 34.5 Å². The standard InChI is InChI=1S/C24H30N6O3S/c31-22(29-11-9-28(10-12-29)21-5-1-2-8-25-21)7-6-18-15-26-23(32)19-14-17(16-30(18)19)27-24(33)20-4-3-13-34-20/h1-5,8,13,17-19H,6-7,9-12,14-16H2,(H,26,32)(H,27,33). The van der Waals surface area contributed by atoms with Crippen LogP contribution in [0.1, 0.15) is 28.9 Å². The summed E-state index contributed by atoms with van der Waals surface area (Å²) in [4.78, 5) is 49.2. The minimum Gasteiger partial charge on any atom is -0.353 e. The molecule has 3 aliphatic rings. The van der Waals surface area contributed by atoms with Crippen LogP contribution < -0.4 is 15.5 Å². The number of pyridine rings is 1. The summed E-state index contributed by atoms with van der Waals surface area (Å²) in [6, 6.07) is 9.33. The molecule has 3 saturated heterocycles. The number of anilines is 1. The molecule has 0 spiro atoms. The molecule has 0 radical (unpaired) electrons. The SMILES string of the molecule is O=C(NC1CC2C(=O)NCC(CCC(=O)N3CCN(c4ccccn4)CC3)N2C1)c1cccs1. The average Bonchev–Trinajstić information content (AvgIpc) is 3.55. The predicted octanol–water partition coefficient (Wildman–Crippen LogP) is 0.943. The van der Waals surface area contributed by atoms with Crippen molar-refractivity contribution < 1.29 is 14.4 Å². The van der Waals surface area contributed by atoms with E-state index in [9.17, 15) is 14.4 Å². The number of carbonyl (C=O) groups excluding carboxylic acids is 3. The molecule has 0 bridgehead atoms. The maximum absolute atomic E-state index is 12.9. The molecule has 3 atom stereocenters. The fraction of sp³-hybridized carbons (Fsp3) is 0.500. The molecule has 180 valence electrons. The lowest BCUT2D eigenvalue weighted by Gasteiger charge is -2.38. The molecular weight excluding hydrogens is 452 g/mol. The Morgan fingerprint density at radius 1 is 1.15 bits per heavy atom. The number of thiophene rings is 1. The summed E-state index contributed by atoms with van der Waals surface area (Å²) in [6.45, 7) is 4.13. The van der Waals surface area contributed by atoms with Crippen LogP contribution in [0.25, 0.3) is 0 Å². The van der Waals surface area contributed by atoms with Gasteiger partial charge in [-0.25, -0.2) is 4.98 Å². The van der Waals surface area contributed by atoms with Gasteiger partial charge in [0.25, 0.3) is 5.91 Å². The second-order valence-corrected chi connectivity index (χ2v) is 10.0. The van der Waals surface area contributed by atoms with E-state index >= 15 is 0 Å². The highest BCUT2D eigenvalue weighted by molar-refractivity contribution is 7.12. The average molecular weight is 483 g/mol. The Hall–Kier alpha value is -2.98. The first kappa shape index (κ1) is 22.8. The second kappa shape index (κ2) is 10.1. The Morgan fingerprint density at radius 3 is 2.74 bits per heavy atom. The first-order chi connectivity index (χ1) is 16.6. The second-order valence-electron chi connectivity index (χ2n) is 9.09. The number of nitrogens with zero attached hydrogens (tertiary/aromatic N) is 4. The Kier molecular flexibility index (Phi) is 6.77. The number of piperazine rings is 2. The molecule has 0 saturated carbocycles. The summed E-state index contributed by atoms with van der Waals surface area (Å²) >= 11 is 1.41. The highest BCUT2D eigenvalue weighted by Gasteiger charge is 2.44. The van der Waals surface area contributed by atoms with Crippen LogP contribution in [0.2, 0.25) is 0 Å². The maximum Gasteiger partial charge on any atom is 0.261 e. The number of nitrogens with one attached hydrogen (secondary N) is 2. The smallest absolute Gasteiger partial charge is 0.261 e. The molecule has 3 fully saturated rings. The molecule has 10 heteroatoms. The van der Waals surface area contributed by atoms with Crippen LogP contribution in [-0.4, -0.2) is 89.9 Å². The third-order valence-corrected chi connectivity index (χ3v) is 7.87. The number of amides is 3. The minimum absolute atomic E-state index is 0.0149. The third-order valence-electron chi connectivity index (χ3n) is 7.00. The Morgan fingerprint density at radius 2 is 2.00 bits per heavy atom. The fourth-order valence-corrected chi connectivity index (χ4v) is 5.81. The largest absolute Gasteiger partial charge is 0.353 e. The fourth-order valence-electron chi connectivity index (χ4n) is 5.19. The van der Waals surface area contributed by atoms with Gasteiger partial charge in [0.1, 0.15) is 5.82 Å². The van der Waals surface area contributed by atoms with E-state index in [0.29, 0.717) is 50.3 Å². The zero-order valence-electron chi connectivity index (χ0n) is 19.1. The van der Waals surface area contributed by atoms with E-state index in [0.717, 1.165) is 18.9 Å². The molecule has 2 N–H and O–H groups in total. The van der Waals surface area contributed by atoms with E-state index in [2.05, 4.69) is 25.4 Å². The molecule has 2 aromatic rings. The van der Waals surface area contributed by atoms with Crippen LogP contribution in [-0.2, 0) is 9.59 Å². The van der Waals surface area contributed by atoms with Gasteiger partial charge in [0, 0.05) is 64.0 Å². The van der Waals surface area contributed by atoms with Gasteiger partial charge < -0.3 is 20.4 Å². The highest BCUT2D eigenvalue weighted by atomic mass is 32.1. The van der Waals surface area contributed by atoms with Crippen molar-refractivity contribution >= 4 is 34.9 Å². The lowest BCUT2D eigenvalue weighted by Crippen LogP contribution is -2.58. The summed E-state index contributed by atoms with van der Waals surface area (Å²) in [7, 11) is 0. The van der Waals surface area contributed by atoms with E-state index in [-0.39, 0.29) is 35.8 Å². The number of rotatable bonds is 6. The van der Waals surface area contributed by atoms with Crippen LogP contribution in [0, 0.1) is 0 Å². The highest BCUT2D eigenvalue weighted by Crippen LogP contribution is 2.26. The molecule has 3 unspecified atom stereocenters. The quantitative estimate of drug-likeness (QED) is 0.636. The summed E-state index contributed by atoms with van der Waals surface area (Å²) < 4.78 is 0. The van der Waals surface area contributed by atoms with Crippen molar-refractivity contribution in [1.29, 1.82) is 0 Å². The van der Waals surface area contributed by atoms with Gasteiger partial charge >= 0.3 is 0 Å². The minimum atomic E-state index is -0.246. The first-order valence-corrected chi connectivity index (χ1v) is 12.8. The zero-order valence-corrected chi connectivity index (χ0v) is 19.9. The van der Waals surface area contributed by atoms with Crippen molar-refractivity contribution in [2.24, 2.45) is 0 Å². The predicted molar refractivity (Wildman–Crippen MR) is 130 cm³/mol. The summed E-state index contributed by atoms with van der Waals surface area (Å²) in [6.07, 6.45) is 3.55. The summed E-state index contributed by atoms with van der Waals surface area (Å²) in [5.74, 6) is 1.04. The van der Waals surface area contributed by atoms with Gasteiger partial charge in [-0.15, -0.1) is 11.3 Å². The molecule has 34 heavy (non-hydrogen) atoms. The molecule has 5 heterocycles. The Balaban J connectivity index is 1.12. The topological polar surface area (TPSA) is 97.9 Å². The van der Waals surface area contributed by atoms with Gasteiger partial charge in [-0.3, -0.25) is 19.3 Å². The number of aromatic nitrogens is 1. The lowest BCUT2D eigenvalue weighted by atomic mass is 10.0. The zero-order chi connectivity index (χ0) is 23.5. The van der Waals surface area contributed by atoms with Gasteiger partial charge in [0.05, 0.1) is 10.9 Å². The summed E-state index contributed by atoms with van der Waals surface area (Å²) in [5, 5.41) is 7.96. The summed E-state index contributed by atoms with van der Waals surface area (Å²) in [5.41, 5.74) is 0. The first-order valence-electron chi connectivity index (χ1n) is 11.9. The van der Waals surface area contributed by atoms with Gasteiger partial charge in [-0.1, -0.05) is 12.1 Å². The molecule has 0 aromatic carbocycles. The Bertz CT molecular complexity index is 1010. The van der Waals surface area contributed by atoms with Gasteiger partial charge in [0.2, 0.25) is 11.8 Å². The van der Waals surface area contributed by atoms with Crippen molar-refractivity contribution in [2.75, 3.05) is 44.2 Å².